The molecule has 1 atom stereocenters. The van der Waals surface area contributed by atoms with Gasteiger partial charge in [0, 0.05) is 43.6 Å². The number of hydrogen-bond acceptors (Lipinski definition) is 3. The average molecular weight is 444 g/mol. The van der Waals surface area contributed by atoms with Gasteiger partial charge < -0.3 is 9.80 Å². The zero-order chi connectivity index (χ0) is 22.3. The summed E-state index contributed by atoms with van der Waals surface area (Å²) >= 11 is 6.07. The molecule has 0 N–H and O–H groups in total. The monoisotopic (exact) mass is 443 g/mol. The van der Waals surface area contributed by atoms with E-state index in [1.165, 1.54) is 17.0 Å². The highest BCUT2D eigenvalue weighted by molar-refractivity contribution is 6.31. The number of rotatable bonds is 5. The maximum absolute atomic E-state index is 14.1. The fourth-order valence-corrected chi connectivity index (χ4v) is 4.67. The molecule has 3 amide bonds. The summed E-state index contributed by atoms with van der Waals surface area (Å²) < 4.78 is 14.1. The lowest BCUT2D eigenvalue weighted by molar-refractivity contribution is -0.130. The van der Waals surface area contributed by atoms with E-state index in [1.807, 2.05) is 6.92 Å². The Morgan fingerprint density at radius 1 is 1.19 bits per heavy atom. The standard InChI is InChI=1S/C23H23ClFN3O3/c1-23-12-10-21(30)28(23)19-9-4-3-6-15(19)22(31)27(23)13-11-20(29)26(2)14-16-17(24)7-5-8-18(16)25/h3-9H,10-14H2,1-2H3. The highest BCUT2D eigenvalue weighted by Gasteiger charge is 2.52. The molecule has 2 aliphatic rings. The molecule has 0 radical (unpaired) electrons. The first-order valence-corrected chi connectivity index (χ1v) is 10.5. The van der Waals surface area contributed by atoms with Crippen LogP contribution in [0.25, 0.3) is 0 Å². The number of para-hydroxylation sites is 1. The Kier molecular flexibility index (Phi) is 5.47. The maximum atomic E-state index is 14.1. The summed E-state index contributed by atoms with van der Waals surface area (Å²) in [6.45, 7) is 2.05. The molecule has 1 fully saturated rings. The third-order valence-corrected chi connectivity index (χ3v) is 6.53. The van der Waals surface area contributed by atoms with Gasteiger partial charge in [-0.2, -0.15) is 0 Å². The second-order valence-electron chi connectivity index (χ2n) is 8.12. The number of nitrogens with zero attached hydrogens (tertiary/aromatic N) is 3. The predicted octanol–water partition coefficient (Wildman–Crippen LogP) is 3.83. The lowest BCUT2D eigenvalue weighted by Gasteiger charge is -2.48. The van der Waals surface area contributed by atoms with Crippen LogP contribution >= 0.6 is 11.6 Å². The molecule has 4 rings (SSSR count). The molecule has 0 saturated carbocycles. The third-order valence-electron chi connectivity index (χ3n) is 6.18. The van der Waals surface area contributed by atoms with Gasteiger partial charge in [0.05, 0.1) is 11.3 Å². The largest absolute Gasteiger partial charge is 0.341 e. The van der Waals surface area contributed by atoms with Crippen LogP contribution in [0.5, 0.6) is 0 Å². The van der Waals surface area contributed by atoms with Crippen molar-refractivity contribution in [1.82, 2.24) is 9.80 Å². The van der Waals surface area contributed by atoms with Crippen LogP contribution in [0.2, 0.25) is 5.02 Å². The van der Waals surface area contributed by atoms with Crippen LogP contribution in [0.3, 0.4) is 0 Å². The minimum atomic E-state index is -0.809. The van der Waals surface area contributed by atoms with Crippen molar-refractivity contribution in [3.8, 4) is 0 Å². The number of carbonyl (C=O) groups excluding carboxylic acids is 3. The smallest absolute Gasteiger partial charge is 0.257 e. The van der Waals surface area contributed by atoms with Gasteiger partial charge in [0.15, 0.2) is 0 Å². The van der Waals surface area contributed by atoms with Crippen LogP contribution in [-0.4, -0.2) is 46.8 Å². The quantitative estimate of drug-likeness (QED) is 0.705. The van der Waals surface area contributed by atoms with E-state index in [0.717, 1.165) is 0 Å². The van der Waals surface area contributed by atoms with Crippen molar-refractivity contribution < 1.29 is 18.8 Å². The molecule has 2 heterocycles. The number of amides is 3. The lowest BCUT2D eigenvalue weighted by atomic mass is 9.98. The van der Waals surface area contributed by atoms with Crippen LogP contribution < -0.4 is 4.90 Å². The number of hydrogen-bond donors (Lipinski definition) is 0. The fraction of sp³-hybridized carbons (Fsp3) is 0.348. The first-order chi connectivity index (χ1) is 14.7. The van der Waals surface area contributed by atoms with E-state index >= 15 is 0 Å². The second-order valence-corrected chi connectivity index (χ2v) is 8.53. The summed E-state index contributed by atoms with van der Waals surface area (Å²) in [5.74, 6) is -0.949. The molecule has 1 saturated heterocycles. The van der Waals surface area contributed by atoms with Crippen LogP contribution in [-0.2, 0) is 16.1 Å². The Bertz CT molecular complexity index is 1060. The number of benzene rings is 2. The molecule has 8 heteroatoms. The molecule has 162 valence electrons. The Balaban J connectivity index is 1.52. The molecule has 6 nitrogen and oxygen atoms in total. The van der Waals surface area contributed by atoms with Gasteiger partial charge in [0.25, 0.3) is 5.91 Å². The van der Waals surface area contributed by atoms with E-state index in [-0.39, 0.29) is 47.8 Å². The molecule has 31 heavy (non-hydrogen) atoms. The normalized spacial score (nSPS) is 20.0. The zero-order valence-electron chi connectivity index (χ0n) is 17.4. The summed E-state index contributed by atoms with van der Waals surface area (Å²) in [5.41, 5.74) is 0.513. The summed E-state index contributed by atoms with van der Waals surface area (Å²) in [7, 11) is 1.57. The number of carbonyl (C=O) groups is 3. The number of halogens is 2. The molecule has 0 aromatic heterocycles. The minimum absolute atomic E-state index is 0.0308. The topological polar surface area (TPSA) is 60.9 Å². The van der Waals surface area contributed by atoms with Gasteiger partial charge in [-0.25, -0.2) is 4.39 Å². The van der Waals surface area contributed by atoms with E-state index in [1.54, 1.807) is 47.2 Å². The van der Waals surface area contributed by atoms with Gasteiger partial charge in [-0.05, 0) is 37.6 Å². The Labute approximate surface area is 185 Å². The molecule has 2 aromatic carbocycles. The summed E-state index contributed by atoms with van der Waals surface area (Å²) in [4.78, 5) is 43.3. The number of anilines is 1. The zero-order valence-corrected chi connectivity index (χ0v) is 18.2. The Morgan fingerprint density at radius 3 is 2.68 bits per heavy atom. The molecular weight excluding hydrogens is 421 g/mol. The Morgan fingerprint density at radius 2 is 1.94 bits per heavy atom. The van der Waals surface area contributed by atoms with Crippen molar-refractivity contribution in [3.63, 3.8) is 0 Å². The summed E-state index contributed by atoms with van der Waals surface area (Å²) in [6.07, 6.45) is 0.892. The van der Waals surface area contributed by atoms with Crippen molar-refractivity contribution in [1.29, 1.82) is 0 Å². The van der Waals surface area contributed by atoms with Crippen LogP contribution in [0.15, 0.2) is 42.5 Å². The van der Waals surface area contributed by atoms with Crippen LogP contribution in [0, 0.1) is 5.82 Å². The maximum Gasteiger partial charge on any atom is 0.257 e. The van der Waals surface area contributed by atoms with E-state index in [9.17, 15) is 18.8 Å². The van der Waals surface area contributed by atoms with Crippen molar-refractivity contribution in [2.24, 2.45) is 0 Å². The molecule has 0 aliphatic carbocycles. The first kappa shape index (κ1) is 21.3. The Hall–Kier alpha value is -2.93. The number of fused-ring (bicyclic) bond motifs is 3. The molecule has 2 aliphatic heterocycles. The van der Waals surface area contributed by atoms with Gasteiger partial charge in [0.2, 0.25) is 11.8 Å². The van der Waals surface area contributed by atoms with Crippen LogP contribution in [0.4, 0.5) is 10.1 Å². The van der Waals surface area contributed by atoms with Gasteiger partial charge in [0.1, 0.15) is 11.5 Å². The van der Waals surface area contributed by atoms with E-state index in [4.69, 9.17) is 11.6 Å². The molecule has 1 unspecified atom stereocenters. The van der Waals surface area contributed by atoms with E-state index < -0.39 is 11.5 Å². The van der Waals surface area contributed by atoms with Crippen molar-refractivity contribution in [2.75, 3.05) is 18.5 Å². The van der Waals surface area contributed by atoms with Crippen LogP contribution in [0.1, 0.15) is 42.1 Å². The highest BCUT2D eigenvalue weighted by atomic mass is 35.5. The highest BCUT2D eigenvalue weighted by Crippen LogP contribution is 2.44. The molecule has 2 aromatic rings. The second kappa shape index (κ2) is 7.96. The van der Waals surface area contributed by atoms with Gasteiger partial charge >= 0.3 is 0 Å². The summed E-state index contributed by atoms with van der Waals surface area (Å²) in [6, 6.07) is 11.4. The minimum Gasteiger partial charge on any atom is -0.341 e. The predicted molar refractivity (Wildman–Crippen MR) is 115 cm³/mol. The van der Waals surface area contributed by atoms with Crippen molar-refractivity contribution >= 4 is 35.0 Å². The fourth-order valence-electron chi connectivity index (χ4n) is 4.45. The first-order valence-electron chi connectivity index (χ1n) is 10.1. The van der Waals surface area contributed by atoms with Gasteiger partial charge in [-0.15, -0.1) is 0 Å². The van der Waals surface area contributed by atoms with Gasteiger partial charge in [-0.1, -0.05) is 29.8 Å². The van der Waals surface area contributed by atoms with Gasteiger partial charge in [-0.3, -0.25) is 19.3 Å². The SMILES string of the molecule is CN(Cc1c(F)cccc1Cl)C(=O)CCN1C(=O)c2ccccc2N2C(=O)CCC12C. The summed E-state index contributed by atoms with van der Waals surface area (Å²) in [5, 5.41) is 0.259. The molecule has 0 spiro atoms. The lowest BCUT2D eigenvalue weighted by Crippen LogP contribution is -2.62. The van der Waals surface area contributed by atoms with E-state index in [2.05, 4.69) is 0 Å². The average Bonchev–Trinajstić information content (AvgIpc) is 3.05. The molecule has 0 bridgehead atoms. The molecular formula is C23H23ClFN3O3. The van der Waals surface area contributed by atoms with E-state index in [0.29, 0.717) is 24.1 Å². The van der Waals surface area contributed by atoms with Crippen molar-refractivity contribution in [3.05, 3.63) is 64.4 Å². The van der Waals surface area contributed by atoms with Crippen molar-refractivity contribution in [2.45, 2.75) is 38.4 Å². The third kappa shape index (κ3) is 3.57.